The Bertz CT molecular complexity index is 640. The summed E-state index contributed by atoms with van der Waals surface area (Å²) in [4.78, 5) is 25.0. The second kappa shape index (κ2) is 14.2. The molecule has 30 heavy (non-hydrogen) atoms. The smallest absolute Gasteiger partial charge is 0.251 e. The minimum Gasteiger partial charge on any atom is -0.391 e. The molecule has 1 aliphatic heterocycles. The SMILES string of the molecule is C=CCC(NC)C(=C)NC(CCNC=C)CNCCNC(=O)CN1C(=C)C=CC1=O. The van der Waals surface area contributed by atoms with Gasteiger partial charge in [0.1, 0.15) is 6.54 Å². The summed E-state index contributed by atoms with van der Waals surface area (Å²) < 4.78 is 0. The molecule has 2 unspecified atom stereocenters. The zero-order valence-electron chi connectivity index (χ0n) is 18.0. The molecule has 0 saturated carbocycles. The molecule has 166 valence electrons. The van der Waals surface area contributed by atoms with Crippen molar-refractivity contribution in [1.29, 1.82) is 0 Å². The van der Waals surface area contributed by atoms with Crippen molar-refractivity contribution in [3.8, 4) is 0 Å². The fraction of sp³-hybridized carbons (Fsp3) is 0.455. The summed E-state index contributed by atoms with van der Waals surface area (Å²) in [6.07, 6.45) is 8.23. The number of hydrogen-bond donors (Lipinski definition) is 5. The first-order chi connectivity index (χ1) is 14.4. The Kier molecular flexibility index (Phi) is 11.9. The summed E-state index contributed by atoms with van der Waals surface area (Å²) in [7, 11) is 1.90. The largest absolute Gasteiger partial charge is 0.391 e. The van der Waals surface area contributed by atoms with E-state index in [1.165, 1.54) is 11.0 Å². The molecular formula is C22H36N6O2. The molecule has 0 saturated heterocycles. The van der Waals surface area contributed by atoms with E-state index in [0.717, 1.165) is 25.1 Å². The Balaban J connectivity index is 2.35. The first-order valence-electron chi connectivity index (χ1n) is 10.2. The Morgan fingerprint density at radius 2 is 2.00 bits per heavy atom. The number of likely N-dealkylation sites (N-methyl/N-ethyl adjacent to an activating group) is 1. The minimum atomic E-state index is -0.216. The van der Waals surface area contributed by atoms with E-state index in [1.54, 1.807) is 12.3 Å². The van der Waals surface area contributed by atoms with Crippen LogP contribution in [0.5, 0.6) is 0 Å². The number of hydrogen-bond acceptors (Lipinski definition) is 6. The predicted octanol–water partition coefficient (Wildman–Crippen LogP) is 0.364. The van der Waals surface area contributed by atoms with Gasteiger partial charge in [-0.3, -0.25) is 9.59 Å². The van der Waals surface area contributed by atoms with Gasteiger partial charge in [-0.2, -0.15) is 0 Å². The van der Waals surface area contributed by atoms with Gasteiger partial charge in [0.25, 0.3) is 5.91 Å². The van der Waals surface area contributed by atoms with Crippen LogP contribution in [0.1, 0.15) is 12.8 Å². The topological polar surface area (TPSA) is 97.5 Å². The number of nitrogens with zero attached hydrogens (tertiary/aromatic N) is 1. The van der Waals surface area contributed by atoms with Crippen molar-refractivity contribution in [3.63, 3.8) is 0 Å². The summed E-state index contributed by atoms with van der Waals surface area (Å²) in [5.74, 6) is -0.429. The van der Waals surface area contributed by atoms with Gasteiger partial charge in [0.2, 0.25) is 5.91 Å². The van der Waals surface area contributed by atoms with Crippen LogP contribution in [0.4, 0.5) is 0 Å². The Morgan fingerprint density at radius 1 is 1.23 bits per heavy atom. The van der Waals surface area contributed by atoms with E-state index in [2.05, 4.69) is 52.9 Å². The zero-order chi connectivity index (χ0) is 22.4. The molecular weight excluding hydrogens is 380 g/mol. The zero-order valence-corrected chi connectivity index (χ0v) is 18.0. The first-order valence-corrected chi connectivity index (χ1v) is 10.2. The number of allylic oxidation sites excluding steroid dienone is 1. The molecule has 0 fully saturated rings. The highest BCUT2D eigenvalue weighted by Crippen LogP contribution is 2.11. The molecule has 8 heteroatoms. The molecule has 0 bridgehead atoms. The molecule has 0 aromatic rings. The number of nitrogens with one attached hydrogen (secondary N) is 5. The van der Waals surface area contributed by atoms with Gasteiger partial charge < -0.3 is 31.5 Å². The van der Waals surface area contributed by atoms with Crippen LogP contribution in [0.3, 0.4) is 0 Å². The van der Waals surface area contributed by atoms with E-state index in [1.807, 2.05) is 13.1 Å². The van der Waals surface area contributed by atoms with Crippen LogP contribution in [-0.4, -0.2) is 68.6 Å². The van der Waals surface area contributed by atoms with Crippen LogP contribution in [0.2, 0.25) is 0 Å². The Morgan fingerprint density at radius 3 is 2.60 bits per heavy atom. The van der Waals surface area contributed by atoms with Crippen LogP contribution >= 0.6 is 0 Å². The van der Waals surface area contributed by atoms with E-state index in [9.17, 15) is 9.59 Å². The van der Waals surface area contributed by atoms with Crippen molar-refractivity contribution in [1.82, 2.24) is 31.5 Å². The van der Waals surface area contributed by atoms with E-state index in [-0.39, 0.29) is 30.4 Å². The molecule has 2 amide bonds. The maximum absolute atomic E-state index is 12.0. The molecule has 0 radical (unpaired) electrons. The van der Waals surface area contributed by atoms with Crippen molar-refractivity contribution < 1.29 is 9.59 Å². The highest BCUT2D eigenvalue weighted by Gasteiger charge is 2.21. The number of amides is 2. The lowest BCUT2D eigenvalue weighted by atomic mass is 10.1. The van der Waals surface area contributed by atoms with Crippen LogP contribution in [-0.2, 0) is 9.59 Å². The molecule has 0 aromatic heterocycles. The number of rotatable bonds is 17. The Hall–Kier alpha value is -2.84. The molecule has 5 N–H and O–H groups in total. The van der Waals surface area contributed by atoms with E-state index < -0.39 is 0 Å². The third-order valence-electron chi connectivity index (χ3n) is 4.69. The van der Waals surface area contributed by atoms with Crippen LogP contribution in [0.15, 0.2) is 62.1 Å². The second-order valence-corrected chi connectivity index (χ2v) is 6.98. The number of carbonyl (C=O) groups excluding carboxylic acids is 2. The van der Waals surface area contributed by atoms with Gasteiger partial charge >= 0.3 is 0 Å². The standard InChI is InChI=1S/C22H36N6O2/c1-6-8-20(23-5)18(4)27-19(11-12-24-7-2)15-25-13-14-26-21(29)16-28-17(3)9-10-22(28)30/h6-7,9-10,19-20,23-25,27H,1-4,8,11-16H2,5H3,(H,26,29). The highest BCUT2D eigenvalue weighted by atomic mass is 16.2. The Labute approximate surface area is 180 Å². The van der Waals surface area contributed by atoms with Gasteiger partial charge in [0.05, 0.1) is 0 Å². The van der Waals surface area contributed by atoms with Crippen molar-refractivity contribution in [2.45, 2.75) is 24.9 Å². The van der Waals surface area contributed by atoms with Crippen molar-refractivity contribution in [2.24, 2.45) is 0 Å². The highest BCUT2D eigenvalue weighted by molar-refractivity contribution is 5.96. The lowest BCUT2D eigenvalue weighted by Gasteiger charge is -2.26. The third kappa shape index (κ3) is 9.11. The summed E-state index contributed by atoms with van der Waals surface area (Å²) in [6.45, 7) is 17.9. The van der Waals surface area contributed by atoms with Gasteiger partial charge in [-0.15, -0.1) is 6.58 Å². The summed E-state index contributed by atoms with van der Waals surface area (Å²) in [5, 5.41) is 16.0. The van der Waals surface area contributed by atoms with Gasteiger partial charge in [-0.25, -0.2) is 0 Å². The minimum absolute atomic E-state index is 0.0173. The maximum Gasteiger partial charge on any atom is 0.251 e. The predicted molar refractivity (Wildman–Crippen MR) is 122 cm³/mol. The monoisotopic (exact) mass is 416 g/mol. The second-order valence-electron chi connectivity index (χ2n) is 6.98. The van der Waals surface area contributed by atoms with Crippen LogP contribution < -0.4 is 26.6 Å². The van der Waals surface area contributed by atoms with Gasteiger partial charge in [0.15, 0.2) is 0 Å². The van der Waals surface area contributed by atoms with Crippen molar-refractivity contribution in [3.05, 3.63) is 62.1 Å². The molecule has 0 spiro atoms. The molecule has 2 atom stereocenters. The van der Waals surface area contributed by atoms with E-state index in [0.29, 0.717) is 25.3 Å². The van der Waals surface area contributed by atoms with Gasteiger partial charge in [-0.05, 0) is 32.2 Å². The number of carbonyl (C=O) groups is 2. The van der Waals surface area contributed by atoms with Crippen LogP contribution in [0, 0.1) is 0 Å². The molecule has 1 rings (SSSR count). The van der Waals surface area contributed by atoms with Gasteiger partial charge in [-0.1, -0.05) is 25.8 Å². The fourth-order valence-corrected chi connectivity index (χ4v) is 2.98. The molecule has 1 aliphatic rings. The van der Waals surface area contributed by atoms with Crippen molar-refractivity contribution in [2.75, 3.05) is 39.8 Å². The van der Waals surface area contributed by atoms with Crippen LogP contribution in [0.25, 0.3) is 0 Å². The van der Waals surface area contributed by atoms with Crippen molar-refractivity contribution >= 4 is 11.8 Å². The third-order valence-corrected chi connectivity index (χ3v) is 4.69. The summed E-state index contributed by atoms with van der Waals surface area (Å²) in [6, 6.07) is 0.284. The lowest BCUT2D eigenvalue weighted by Crippen LogP contribution is -2.45. The average molecular weight is 417 g/mol. The maximum atomic E-state index is 12.0. The molecule has 0 aliphatic carbocycles. The first kappa shape index (κ1) is 25.2. The summed E-state index contributed by atoms with van der Waals surface area (Å²) in [5.41, 5.74) is 1.45. The van der Waals surface area contributed by atoms with Gasteiger partial charge in [0, 0.05) is 55.7 Å². The van der Waals surface area contributed by atoms with E-state index in [4.69, 9.17) is 0 Å². The average Bonchev–Trinajstić information content (AvgIpc) is 3.03. The molecule has 1 heterocycles. The van der Waals surface area contributed by atoms with E-state index >= 15 is 0 Å². The summed E-state index contributed by atoms with van der Waals surface area (Å²) >= 11 is 0. The molecule has 8 nitrogen and oxygen atoms in total. The normalized spacial score (nSPS) is 14.9. The quantitative estimate of drug-likeness (QED) is 0.174. The lowest BCUT2D eigenvalue weighted by molar-refractivity contribution is -0.129. The fourth-order valence-electron chi connectivity index (χ4n) is 2.98. The molecule has 0 aromatic carbocycles.